The largest absolute Gasteiger partial charge is 0.327 e. The van der Waals surface area contributed by atoms with Crippen molar-refractivity contribution < 1.29 is 4.79 Å². The van der Waals surface area contributed by atoms with Crippen LogP contribution in [0.1, 0.15) is 28.3 Å². The first-order valence-electron chi connectivity index (χ1n) is 8.25. The number of aromatic nitrogens is 2. The third-order valence-electron chi connectivity index (χ3n) is 4.36. The molecule has 0 aliphatic heterocycles. The van der Waals surface area contributed by atoms with E-state index in [0.717, 1.165) is 17.5 Å². The van der Waals surface area contributed by atoms with Crippen molar-refractivity contribution in [3.05, 3.63) is 78.1 Å². The van der Waals surface area contributed by atoms with Gasteiger partial charge in [0.25, 0.3) is 5.91 Å². The van der Waals surface area contributed by atoms with Crippen molar-refractivity contribution in [2.24, 2.45) is 5.73 Å². The summed E-state index contributed by atoms with van der Waals surface area (Å²) in [5.74, 6) is 0.872. The van der Waals surface area contributed by atoms with Crippen molar-refractivity contribution in [1.29, 1.82) is 0 Å². The van der Waals surface area contributed by atoms with Crippen LogP contribution in [-0.4, -0.2) is 21.9 Å². The van der Waals surface area contributed by atoms with Gasteiger partial charge in [0.15, 0.2) is 5.82 Å². The average Bonchev–Trinajstić information content (AvgIpc) is 3.39. The van der Waals surface area contributed by atoms with Crippen molar-refractivity contribution in [3.63, 3.8) is 0 Å². The highest BCUT2D eigenvalue weighted by atomic mass is 35.5. The second kappa shape index (κ2) is 8.95. The summed E-state index contributed by atoms with van der Waals surface area (Å²) in [6, 6.07) is 17.2. The Hall–Kier alpha value is -2.47. The summed E-state index contributed by atoms with van der Waals surface area (Å²) in [6.07, 6.45) is 4.38. The molecular formula is C20H20Cl2N4O. The fourth-order valence-corrected chi connectivity index (χ4v) is 2.90. The molecule has 1 aliphatic rings. The number of nitrogens with two attached hydrogens (primary N) is 1. The van der Waals surface area contributed by atoms with Gasteiger partial charge in [-0.15, -0.1) is 24.8 Å². The Kier molecular flexibility index (Phi) is 6.91. The smallest absolute Gasteiger partial charge is 0.255 e. The molecule has 4 rings (SSSR count). The summed E-state index contributed by atoms with van der Waals surface area (Å²) in [6.45, 7) is 0. The van der Waals surface area contributed by atoms with E-state index in [0.29, 0.717) is 23.0 Å². The highest BCUT2D eigenvalue weighted by Crippen LogP contribution is 2.39. The number of anilines is 1. The minimum absolute atomic E-state index is 0. The highest BCUT2D eigenvalue weighted by molar-refractivity contribution is 6.04. The number of rotatable bonds is 4. The Morgan fingerprint density at radius 3 is 2.41 bits per heavy atom. The Labute approximate surface area is 170 Å². The molecule has 1 heterocycles. The quantitative estimate of drug-likeness (QED) is 0.689. The molecule has 1 aliphatic carbocycles. The minimum Gasteiger partial charge on any atom is -0.327 e. The van der Waals surface area contributed by atoms with Crippen molar-refractivity contribution >= 4 is 36.4 Å². The van der Waals surface area contributed by atoms with Gasteiger partial charge in [0.2, 0.25) is 0 Å². The highest BCUT2D eigenvalue weighted by Gasteiger charge is 2.34. The molecule has 0 unspecified atom stereocenters. The molecular weight excluding hydrogens is 383 g/mol. The molecule has 5 nitrogen and oxygen atoms in total. The van der Waals surface area contributed by atoms with Gasteiger partial charge in [-0.05, 0) is 42.3 Å². The predicted molar refractivity (Wildman–Crippen MR) is 112 cm³/mol. The normalized spacial score (nSPS) is 17.2. The lowest BCUT2D eigenvalue weighted by atomic mass is 10.1. The number of carbonyl (C=O) groups excluding carboxylic acids is 1. The lowest BCUT2D eigenvalue weighted by Crippen LogP contribution is -2.12. The van der Waals surface area contributed by atoms with E-state index in [-0.39, 0.29) is 36.8 Å². The number of amides is 1. The van der Waals surface area contributed by atoms with Crippen LogP contribution in [0.2, 0.25) is 0 Å². The maximum atomic E-state index is 12.6. The Balaban J connectivity index is 0.00000131. The molecule has 3 N–H and O–H groups in total. The molecule has 3 aromatic rings. The third-order valence-corrected chi connectivity index (χ3v) is 4.36. The maximum Gasteiger partial charge on any atom is 0.255 e. The zero-order valence-electron chi connectivity index (χ0n) is 14.4. The first kappa shape index (κ1) is 20.8. The fourth-order valence-electron chi connectivity index (χ4n) is 2.90. The number of benzene rings is 2. The third kappa shape index (κ3) is 4.83. The van der Waals surface area contributed by atoms with Gasteiger partial charge in [-0.3, -0.25) is 4.79 Å². The van der Waals surface area contributed by atoms with Crippen LogP contribution >= 0.6 is 24.8 Å². The molecule has 1 saturated carbocycles. The first-order chi connectivity index (χ1) is 12.2. The van der Waals surface area contributed by atoms with E-state index in [1.165, 1.54) is 0 Å². The summed E-state index contributed by atoms with van der Waals surface area (Å²) >= 11 is 0. The Bertz CT molecular complexity index is 921. The van der Waals surface area contributed by atoms with Gasteiger partial charge in [0, 0.05) is 41.2 Å². The van der Waals surface area contributed by atoms with Crippen LogP contribution in [0.25, 0.3) is 11.4 Å². The lowest BCUT2D eigenvalue weighted by molar-refractivity contribution is 0.102. The van der Waals surface area contributed by atoms with Crippen LogP contribution in [0, 0.1) is 0 Å². The van der Waals surface area contributed by atoms with Crippen LogP contribution in [0.5, 0.6) is 0 Å². The van der Waals surface area contributed by atoms with E-state index < -0.39 is 0 Å². The number of hydrogen-bond acceptors (Lipinski definition) is 4. The molecule has 0 spiro atoms. The van der Waals surface area contributed by atoms with Gasteiger partial charge in [-0.25, -0.2) is 9.97 Å². The van der Waals surface area contributed by atoms with Crippen LogP contribution in [0.15, 0.2) is 67.0 Å². The SMILES string of the molecule is Cl.Cl.N[C@@H]1C[C@H]1c1cccc(C(=O)Nc2cccc(-c3ncccn3)c2)c1. The molecule has 27 heavy (non-hydrogen) atoms. The van der Waals surface area contributed by atoms with Crippen LogP contribution in [0.3, 0.4) is 0 Å². The zero-order chi connectivity index (χ0) is 17.2. The van der Waals surface area contributed by atoms with Gasteiger partial charge in [-0.1, -0.05) is 24.3 Å². The lowest BCUT2D eigenvalue weighted by Gasteiger charge is -2.08. The zero-order valence-corrected chi connectivity index (χ0v) is 16.0. The molecule has 0 bridgehead atoms. The van der Waals surface area contributed by atoms with E-state index in [1.54, 1.807) is 18.5 Å². The number of halogens is 2. The molecule has 0 radical (unpaired) electrons. The monoisotopic (exact) mass is 402 g/mol. The number of hydrogen-bond donors (Lipinski definition) is 2. The molecule has 2 aromatic carbocycles. The second-order valence-corrected chi connectivity index (χ2v) is 6.24. The average molecular weight is 403 g/mol. The van der Waals surface area contributed by atoms with E-state index in [4.69, 9.17) is 5.73 Å². The van der Waals surface area contributed by atoms with Gasteiger partial charge in [0.05, 0.1) is 0 Å². The van der Waals surface area contributed by atoms with E-state index in [9.17, 15) is 4.79 Å². The summed E-state index contributed by atoms with van der Waals surface area (Å²) in [7, 11) is 0. The topological polar surface area (TPSA) is 80.9 Å². The standard InChI is InChI=1S/C20H18N4O.2ClH/c21-18-12-17(18)13-4-1-6-15(10-13)20(25)24-16-7-2-5-14(11-16)19-22-8-3-9-23-19;;/h1-11,17-18H,12,21H2,(H,24,25);2*1H/t17-,18+;;/m0../s1. The molecule has 1 amide bonds. The van der Waals surface area contributed by atoms with Crippen molar-refractivity contribution in [3.8, 4) is 11.4 Å². The van der Waals surface area contributed by atoms with Gasteiger partial charge < -0.3 is 11.1 Å². The van der Waals surface area contributed by atoms with Crippen molar-refractivity contribution in [2.75, 3.05) is 5.32 Å². The number of nitrogens with zero attached hydrogens (tertiary/aromatic N) is 2. The maximum absolute atomic E-state index is 12.6. The fraction of sp³-hybridized carbons (Fsp3) is 0.150. The van der Waals surface area contributed by atoms with Crippen LogP contribution < -0.4 is 11.1 Å². The van der Waals surface area contributed by atoms with Crippen molar-refractivity contribution in [1.82, 2.24) is 9.97 Å². The molecule has 0 saturated heterocycles. The Morgan fingerprint density at radius 1 is 1.00 bits per heavy atom. The predicted octanol–water partition coefficient (Wildman–Crippen LogP) is 4.05. The van der Waals surface area contributed by atoms with Gasteiger partial charge in [0.1, 0.15) is 0 Å². The first-order valence-corrected chi connectivity index (χ1v) is 8.25. The minimum atomic E-state index is -0.137. The number of nitrogens with one attached hydrogen (secondary N) is 1. The van der Waals surface area contributed by atoms with Crippen LogP contribution in [-0.2, 0) is 0 Å². The van der Waals surface area contributed by atoms with Crippen LogP contribution in [0.4, 0.5) is 5.69 Å². The van der Waals surface area contributed by atoms with E-state index >= 15 is 0 Å². The molecule has 1 aromatic heterocycles. The number of carbonyl (C=O) groups is 1. The van der Waals surface area contributed by atoms with E-state index in [1.807, 2.05) is 48.5 Å². The van der Waals surface area contributed by atoms with Gasteiger partial charge in [-0.2, -0.15) is 0 Å². The summed E-state index contributed by atoms with van der Waals surface area (Å²) in [5, 5.41) is 2.94. The van der Waals surface area contributed by atoms with E-state index in [2.05, 4.69) is 15.3 Å². The van der Waals surface area contributed by atoms with Crippen molar-refractivity contribution in [2.45, 2.75) is 18.4 Å². The molecule has 2 atom stereocenters. The Morgan fingerprint density at radius 2 is 1.70 bits per heavy atom. The van der Waals surface area contributed by atoms with Gasteiger partial charge >= 0.3 is 0 Å². The molecule has 7 heteroatoms. The summed E-state index contributed by atoms with van der Waals surface area (Å²) in [4.78, 5) is 21.0. The molecule has 140 valence electrons. The summed E-state index contributed by atoms with van der Waals surface area (Å²) < 4.78 is 0. The summed E-state index contributed by atoms with van der Waals surface area (Å²) in [5.41, 5.74) is 9.24. The molecule has 1 fully saturated rings. The second-order valence-electron chi connectivity index (χ2n) is 6.24.